The number of rotatable bonds is 5. The molecule has 0 aliphatic rings. The SMILES string of the molecule is COc1ccnc(C(=O)NCCCO)c1. The standard InChI is InChI=1S/C10H14N2O3/c1-15-8-3-5-11-9(7-8)10(14)12-4-2-6-13/h3,5,7,13H,2,4,6H2,1H3,(H,12,14). The zero-order chi connectivity index (χ0) is 11.1. The molecule has 15 heavy (non-hydrogen) atoms. The number of hydrogen-bond donors (Lipinski definition) is 2. The van der Waals surface area contributed by atoms with Crippen LogP contribution in [-0.2, 0) is 0 Å². The molecule has 0 atom stereocenters. The summed E-state index contributed by atoms with van der Waals surface area (Å²) in [5.41, 5.74) is 0.312. The second kappa shape index (κ2) is 5.98. The lowest BCUT2D eigenvalue weighted by Crippen LogP contribution is -2.25. The van der Waals surface area contributed by atoms with Crippen molar-refractivity contribution in [1.29, 1.82) is 0 Å². The summed E-state index contributed by atoms with van der Waals surface area (Å²) >= 11 is 0. The molecule has 82 valence electrons. The van der Waals surface area contributed by atoms with Gasteiger partial charge in [-0.3, -0.25) is 9.78 Å². The molecule has 0 fully saturated rings. The molecule has 0 saturated heterocycles. The lowest BCUT2D eigenvalue weighted by Gasteiger charge is -2.04. The molecule has 1 heterocycles. The maximum atomic E-state index is 11.5. The van der Waals surface area contributed by atoms with E-state index in [9.17, 15) is 4.79 Å². The van der Waals surface area contributed by atoms with Crippen LogP contribution in [0, 0.1) is 0 Å². The van der Waals surface area contributed by atoms with Crippen molar-refractivity contribution in [3.8, 4) is 5.75 Å². The highest BCUT2D eigenvalue weighted by Crippen LogP contribution is 2.09. The fourth-order valence-corrected chi connectivity index (χ4v) is 1.03. The second-order valence-corrected chi connectivity index (χ2v) is 2.91. The quantitative estimate of drug-likeness (QED) is 0.681. The molecule has 5 nitrogen and oxygen atoms in total. The molecule has 0 spiro atoms. The Bertz CT molecular complexity index is 328. The first-order chi connectivity index (χ1) is 7.27. The van der Waals surface area contributed by atoms with Crippen molar-refractivity contribution in [2.24, 2.45) is 0 Å². The van der Waals surface area contributed by atoms with E-state index in [0.29, 0.717) is 24.4 Å². The molecule has 1 aromatic heterocycles. The van der Waals surface area contributed by atoms with E-state index in [2.05, 4.69) is 10.3 Å². The van der Waals surface area contributed by atoms with E-state index >= 15 is 0 Å². The van der Waals surface area contributed by atoms with Crippen LogP contribution in [0.25, 0.3) is 0 Å². The summed E-state index contributed by atoms with van der Waals surface area (Å²) in [5, 5.41) is 11.2. The lowest BCUT2D eigenvalue weighted by molar-refractivity contribution is 0.0946. The number of carbonyl (C=O) groups is 1. The molecule has 0 bridgehead atoms. The third-order valence-corrected chi connectivity index (χ3v) is 1.82. The minimum Gasteiger partial charge on any atom is -0.497 e. The van der Waals surface area contributed by atoms with Crippen LogP contribution in [0.1, 0.15) is 16.9 Å². The minimum atomic E-state index is -0.262. The molecule has 5 heteroatoms. The highest BCUT2D eigenvalue weighted by Gasteiger charge is 2.06. The van der Waals surface area contributed by atoms with Gasteiger partial charge in [0.25, 0.3) is 5.91 Å². The maximum Gasteiger partial charge on any atom is 0.270 e. The topological polar surface area (TPSA) is 71.5 Å². The second-order valence-electron chi connectivity index (χ2n) is 2.91. The van der Waals surface area contributed by atoms with Gasteiger partial charge in [-0.25, -0.2) is 0 Å². The minimum absolute atomic E-state index is 0.0613. The van der Waals surface area contributed by atoms with Crippen LogP contribution >= 0.6 is 0 Å². The molecule has 1 rings (SSSR count). The highest BCUT2D eigenvalue weighted by atomic mass is 16.5. The number of aliphatic hydroxyl groups is 1. The van der Waals surface area contributed by atoms with Crippen LogP contribution in [0.5, 0.6) is 5.75 Å². The number of pyridine rings is 1. The largest absolute Gasteiger partial charge is 0.497 e. The summed E-state index contributed by atoms with van der Waals surface area (Å²) < 4.78 is 4.97. The molecular weight excluding hydrogens is 196 g/mol. The van der Waals surface area contributed by atoms with Crippen molar-refractivity contribution in [3.63, 3.8) is 0 Å². The Kier molecular flexibility index (Phi) is 4.56. The van der Waals surface area contributed by atoms with Crippen molar-refractivity contribution >= 4 is 5.91 Å². The van der Waals surface area contributed by atoms with Crippen molar-refractivity contribution in [2.45, 2.75) is 6.42 Å². The molecule has 0 saturated carbocycles. The van der Waals surface area contributed by atoms with Crippen LogP contribution in [-0.4, -0.2) is 36.3 Å². The smallest absolute Gasteiger partial charge is 0.270 e. The number of amides is 1. The van der Waals surface area contributed by atoms with Gasteiger partial charge in [-0.2, -0.15) is 0 Å². The zero-order valence-corrected chi connectivity index (χ0v) is 8.56. The number of methoxy groups -OCH3 is 1. The van der Waals surface area contributed by atoms with Gasteiger partial charge in [0.05, 0.1) is 7.11 Å². The normalized spacial score (nSPS) is 9.73. The average Bonchev–Trinajstić information content (AvgIpc) is 2.29. The first-order valence-corrected chi connectivity index (χ1v) is 4.67. The van der Waals surface area contributed by atoms with Crippen LogP contribution < -0.4 is 10.1 Å². The average molecular weight is 210 g/mol. The molecular formula is C10H14N2O3. The van der Waals surface area contributed by atoms with Gasteiger partial charge in [0.1, 0.15) is 11.4 Å². The van der Waals surface area contributed by atoms with E-state index in [1.165, 1.54) is 13.3 Å². The summed E-state index contributed by atoms with van der Waals surface area (Å²) in [5.74, 6) is 0.333. The van der Waals surface area contributed by atoms with Crippen LogP contribution in [0.15, 0.2) is 18.3 Å². The molecule has 0 aliphatic heterocycles. The summed E-state index contributed by atoms with van der Waals surface area (Å²) in [6, 6.07) is 3.23. The van der Waals surface area contributed by atoms with E-state index in [1.807, 2.05) is 0 Å². The Morgan fingerprint density at radius 2 is 2.47 bits per heavy atom. The molecule has 0 radical (unpaired) electrons. The van der Waals surface area contributed by atoms with Gasteiger partial charge in [0.15, 0.2) is 0 Å². The van der Waals surface area contributed by atoms with Gasteiger partial charge in [-0.15, -0.1) is 0 Å². The molecule has 0 aromatic carbocycles. The number of nitrogens with one attached hydrogen (secondary N) is 1. The number of nitrogens with zero attached hydrogens (tertiary/aromatic N) is 1. The zero-order valence-electron chi connectivity index (χ0n) is 8.56. The Balaban J connectivity index is 2.57. The Labute approximate surface area is 88.1 Å². The van der Waals surface area contributed by atoms with Gasteiger partial charge in [0.2, 0.25) is 0 Å². The highest BCUT2D eigenvalue weighted by molar-refractivity contribution is 5.92. The predicted molar refractivity (Wildman–Crippen MR) is 54.8 cm³/mol. The first-order valence-electron chi connectivity index (χ1n) is 4.67. The van der Waals surface area contributed by atoms with Gasteiger partial charge >= 0.3 is 0 Å². The van der Waals surface area contributed by atoms with Crippen molar-refractivity contribution in [3.05, 3.63) is 24.0 Å². The van der Waals surface area contributed by atoms with Gasteiger partial charge < -0.3 is 15.2 Å². The third kappa shape index (κ3) is 3.55. The molecule has 0 aliphatic carbocycles. The Morgan fingerprint density at radius 1 is 1.67 bits per heavy atom. The molecule has 1 aromatic rings. The van der Waals surface area contributed by atoms with E-state index in [-0.39, 0.29) is 12.5 Å². The van der Waals surface area contributed by atoms with Gasteiger partial charge in [-0.1, -0.05) is 0 Å². The first kappa shape index (κ1) is 11.5. The van der Waals surface area contributed by atoms with Crippen LogP contribution in [0.3, 0.4) is 0 Å². The van der Waals surface area contributed by atoms with Crippen molar-refractivity contribution in [1.82, 2.24) is 10.3 Å². The fourth-order valence-electron chi connectivity index (χ4n) is 1.03. The molecule has 2 N–H and O–H groups in total. The maximum absolute atomic E-state index is 11.5. The number of hydrogen-bond acceptors (Lipinski definition) is 4. The lowest BCUT2D eigenvalue weighted by atomic mass is 10.3. The van der Waals surface area contributed by atoms with Gasteiger partial charge in [-0.05, 0) is 12.5 Å². The molecule has 0 unspecified atom stereocenters. The Hall–Kier alpha value is -1.62. The number of carbonyl (C=O) groups excluding carboxylic acids is 1. The summed E-state index contributed by atoms with van der Waals surface area (Å²) in [4.78, 5) is 15.4. The van der Waals surface area contributed by atoms with Crippen molar-refractivity contribution < 1.29 is 14.6 Å². The van der Waals surface area contributed by atoms with Crippen LogP contribution in [0.4, 0.5) is 0 Å². The van der Waals surface area contributed by atoms with E-state index in [0.717, 1.165) is 0 Å². The fraction of sp³-hybridized carbons (Fsp3) is 0.400. The van der Waals surface area contributed by atoms with E-state index in [1.54, 1.807) is 12.1 Å². The number of aromatic nitrogens is 1. The van der Waals surface area contributed by atoms with E-state index in [4.69, 9.17) is 9.84 Å². The summed E-state index contributed by atoms with van der Waals surface area (Å²) in [7, 11) is 1.53. The van der Waals surface area contributed by atoms with Gasteiger partial charge in [0, 0.05) is 25.4 Å². The summed E-state index contributed by atoms with van der Waals surface area (Å²) in [6.07, 6.45) is 2.05. The monoisotopic (exact) mass is 210 g/mol. The third-order valence-electron chi connectivity index (χ3n) is 1.82. The van der Waals surface area contributed by atoms with E-state index < -0.39 is 0 Å². The summed E-state index contributed by atoms with van der Waals surface area (Å²) in [6.45, 7) is 0.500. The van der Waals surface area contributed by atoms with Crippen LogP contribution in [0.2, 0.25) is 0 Å². The van der Waals surface area contributed by atoms with Crippen molar-refractivity contribution in [2.75, 3.05) is 20.3 Å². The predicted octanol–water partition coefficient (Wildman–Crippen LogP) is 0.202. The number of aliphatic hydroxyl groups excluding tert-OH is 1. The Morgan fingerprint density at radius 3 is 3.13 bits per heavy atom. The number of ether oxygens (including phenoxy) is 1. The molecule has 1 amide bonds.